The Morgan fingerprint density at radius 3 is 2.87 bits per heavy atom. The molecule has 0 aromatic heterocycles. The second kappa shape index (κ2) is 4.81. The Morgan fingerprint density at radius 1 is 1.47 bits per heavy atom. The van der Waals surface area contributed by atoms with Crippen LogP contribution < -0.4 is 5.73 Å². The lowest BCUT2D eigenvalue weighted by Gasteiger charge is -2.38. The predicted molar refractivity (Wildman–Crippen MR) is 61.8 cm³/mol. The number of rotatable bonds is 5. The van der Waals surface area contributed by atoms with Crippen LogP contribution >= 0.6 is 0 Å². The highest BCUT2D eigenvalue weighted by Crippen LogP contribution is 2.32. The van der Waals surface area contributed by atoms with Gasteiger partial charge in [0.1, 0.15) is 0 Å². The molecule has 0 bridgehead atoms. The Labute approximate surface area is 93.0 Å². The van der Waals surface area contributed by atoms with Gasteiger partial charge in [-0.3, -0.25) is 4.90 Å². The lowest BCUT2D eigenvalue weighted by molar-refractivity contribution is -0.107. The summed E-state index contributed by atoms with van der Waals surface area (Å²) in [5.41, 5.74) is 6.24. The van der Waals surface area contributed by atoms with Gasteiger partial charge in [-0.2, -0.15) is 0 Å². The number of hydrogen-bond acceptors (Lipinski definition) is 3. The fourth-order valence-electron chi connectivity index (χ4n) is 2.76. The molecule has 0 aromatic carbocycles. The second-order valence-corrected chi connectivity index (χ2v) is 5.47. The third-order valence-electron chi connectivity index (χ3n) is 3.90. The van der Waals surface area contributed by atoms with Gasteiger partial charge in [-0.25, -0.2) is 0 Å². The first-order valence-electron chi connectivity index (χ1n) is 6.25. The summed E-state index contributed by atoms with van der Waals surface area (Å²) in [6.45, 7) is 7.59. The van der Waals surface area contributed by atoms with Crippen molar-refractivity contribution >= 4 is 0 Å². The molecule has 3 nitrogen and oxygen atoms in total. The minimum atomic E-state index is 0.484. The van der Waals surface area contributed by atoms with Gasteiger partial charge in [-0.05, 0) is 38.8 Å². The quantitative estimate of drug-likeness (QED) is 0.745. The standard InChI is InChI=1S/C12H24N2O/c1-12(9-15-10-12)5-3-7-14-6-2-4-11(14)8-13/h11H,2-10,13H2,1H3. The van der Waals surface area contributed by atoms with Crippen molar-refractivity contribution in [1.82, 2.24) is 4.90 Å². The molecule has 15 heavy (non-hydrogen) atoms. The van der Waals surface area contributed by atoms with Gasteiger partial charge >= 0.3 is 0 Å². The molecule has 2 rings (SSSR count). The van der Waals surface area contributed by atoms with Gasteiger partial charge in [0.2, 0.25) is 0 Å². The molecule has 1 unspecified atom stereocenters. The van der Waals surface area contributed by atoms with E-state index in [1.807, 2.05) is 0 Å². The van der Waals surface area contributed by atoms with Crippen molar-refractivity contribution in [3.63, 3.8) is 0 Å². The molecule has 2 N–H and O–H groups in total. The zero-order valence-electron chi connectivity index (χ0n) is 9.87. The SMILES string of the molecule is CC1(CCCN2CCCC2CN)COC1. The van der Waals surface area contributed by atoms with Crippen LogP contribution in [0.1, 0.15) is 32.6 Å². The van der Waals surface area contributed by atoms with Gasteiger partial charge in [0.25, 0.3) is 0 Å². The van der Waals surface area contributed by atoms with Crippen molar-refractivity contribution < 1.29 is 4.74 Å². The maximum Gasteiger partial charge on any atom is 0.0542 e. The van der Waals surface area contributed by atoms with Crippen LogP contribution in [0.25, 0.3) is 0 Å². The number of nitrogens with two attached hydrogens (primary N) is 1. The largest absolute Gasteiger partial charge is 0.380 e. The lowest BCUT2D eigenvalue weighted by Crippen LogP contribution is -2.41. The summed E-state index contributed by atoms with van der Waals surface area (Å²) < 4.78 is 5.27. The summed E-state index contributed by atoms with van der Waals surface area (Å²) in [6, 6.07) is 0.662. The van der Waals surface area contributed by atoms with Crippen molar-refractivity contribution in [3.8, 4) is 0 Å². The minimum Gasteiger partial charge on any atom is -0.380 e. The van der Waals surface area contributed by atoms with Gasteiger partial charge in [0.15, 0.2) is 0 Å². The van der Waals surface area contributed by atoms with Crippen molar-refractivity contribution in [2.75, 3.05) is 32.8 Å². The fourth-order valence-corrected chi connectivity index (χ4v) is 2.76. The van der Waals surface area contributed by atoms with Gasteiger partial charge < -0.3 is 10.5 Å². The highest BCUT2D eigenvalue weighted by molar-refractivity contribution is 4.83. The predicted octanol–water partition coefficient (Wildman–Crippen LogP) is 1.23. The van der Waals surface area contributed by atoms with E-state index < -0.39 is 0 Å². The van der Waals surface area contributed by atoms with Crippen LogP contribution in [0.5, 0.6) is 0 Å². The Bertz CT molecular complexity index is 204. The fraction of sp³-hybridized carbons (Fsp3) is 1.00. The van der Waals surface area contributed by atoms with Crippen LogP contribution in [0.4, 0.5) is 0 Å². The highest BCUT2D eigenvalue weighted by atomic mass is 16.5. The smallest absolute Gasteiger partial charge is 0.0542 e. The Balaban J connectivity index is 1.64. The summed E-state index contributed by atoms with van der Waals surface area (Å²) in [5.74, 6) is 0. The Morgan fingerprint density at radius 2 is 2.27 bits per heavy atom. The number of likely N-dealkylation sites (tertiary alicyclic amines) is 1. The van der Waals surface area contributed by atoms with Crippen molar-refractivity contribution in [2.45, 2.75) is 38.6 Å². The molecule has 2 heterocycles. The summed E-state index contributed by atoms with van der Waals surface area (Å²) in [7, 11) is 0. The lowest BCUT2D eigenvalue weighted by atomic mass is 9.83. The zero-order chi connectivity index (χ0) is 10.7. The Hall–Kier alpha value is -0.120. The monoisotopic (exact) mass is 212 g/mol. The molecule has 0 spiro atoms. The average Bonchev–Trinajstić information content (AvgIpc) is 2.63. The van der Waals surface area contributed by atoms with E-state index in [1.165, 1.54) is 38.8 Å². The van der Waals surface area contributed by atoms with Crippen LogP contribution in [0.15, 0.2) is 0 Å². The zero-order valence-corrected chi connectivity index (χ0v) is 9.87. The minimum absolute atomic E-state index is 0.484. The van der Waals surface area contributed by atoms with Crippen LogP contribution in [-0.2, 0) is 4.74 Å². The summed E-state index contributed by atoms with van der Waals surface area (Å²) in [5, 5.41) is 0. The van der Waals surface area contributed by atoms with E-state index in [9.17, 15) is 0 Å². The number of ether oxygens (including phenoxy) is 1. The van der Waals surface area contributed by atoms with Gasteiger partial charge in [0.05, 0.1) is 13.2 Å². The molecule has 0 aromatic rings. The van der Waals surface area contributed by atoms with Crippen LogP contribution in [0, 0.1) is 5.41 Å². The van der Waals surface area contributed by atoms with Crippen LogP contribution in [0.3, 0.4) is 0 Å². The second-order valence-electron chi connectivity index (χ2n) is 5.47. The average molecular weight is 212 g/mol. The van der Waals surface area contributed by atoms with Crippen LogP contribution in [-0.4, -0.2) is 43.8 Å². The molecule has 2 saturated heterocycles. The molecule has 0 amide bonds. The molecule has 2 aliphatic heterocycles. The molecular formula is C12H24N2O. The van der Waals surface area contributed by atoms with Gasteiger partial charge in [0, 0.05) is 18.0 Å². The molecule has 2 aliphatic rings. The molecule has 88 valence electrons. The number of nitrogens with zero attached hydrogens (tertiary/aromatic N) is 1. The van der Waals surface area contributed by atoms with E-state index in [1.54, 1.807) is 0 Å². The van der Waals surface area contributed by atoms with Gasteiger partial charge in [-0.15, -0.1) is 0 Å². The van der Waals surface area contributed by atoms with E-state index in [0.717, 1.165) is 19.8 Å². The maximum absolute atomic E-state index is 5.76. The summed E-state index contributed by atoms with van der Waals surface area (Å²) in [6.07, 6.45) is 5.25. The van der Waals surface area contributed by atoms with Crippen molar-refractivity contribution in [3.05, 3.63) is 0 Å². The number of hydrogen-bond donors (Lipinski definition) is 1. The third kappa shape index (κ3) is 2.71. The highest BCUT2D eigenvalue weighted by Gasteiger charge is 2.33. The van der Waals surface area contributed by atoms with E-state index in [4.69, 9.17) is 10.5 Å². The molecular weight excluding hydrogens is 188 g/mol. The molecule has 0 aliphatic carbocycles. The molecule has 1 atom stereocenters. The normalized spacial score (nSPS) is 30.4. The van der Waals surface area contributed by atoms with E-state index in [0.29, 0.717) is 11.5 Å². The first kappa shape index (κ1) is 11.4. The third-order valence-corrected chi connectivity index (χ3v) is 3.90. The van der Waals surface area contributed by atoms with Crippen LogP contribution in [0.2, 0.25) is 0 Å². The molecule has 0 saturated carbocycles. The van der Waals surface area contributed by atoms with E-state index >= 15 is 0 Å². The van der Waals surface area contributed by atoms with Crippen molar-refractivity contribution in [1.29, 1.82) is 0 Å². The molecule has 2 fully saturated rings. The van der Waals surface area contributed by atoms with E-state index in [2.05, 4.69) is 11.8 Å². The Kier molecular flexibility index (Phi) is 3.65. The molecule has 3 heteroatoms. The summed E-state index contributed by atoms with van der Waals surface area (Å²) >= 11 is 0. The first-order chi connectivity index (χ1) is 7.23. The van der Waals surface area contributed by atoms with E-state index in [-0.39, 0.29) is 0 Å². The topological polar surface area (TPSA) is 38.5 Å². The maximum atomic E-state index is 5.76. The van der Waals surface area contributed by atoms with Gasteiger partial charge in [-0.1, -0.05) is 6.92 Å². The first-order valence-corrected chi connectivity index (χ1v) is 6.25. The summed E-state index contributed by atoms with van der Waals surface area (Å²) in [4.78, 5) is 2.57. The van der Waals surface area contributed by atoms with Crippen molar-refractivity contribution in [2.24, 2.45) is 11.1 Å². The molecule has 0 radical (unpaired) electrons.